The van der Waals surface area contributed by atoms with E-state index in [0.29, 0.717) is 16.6 Å². The lowest BCUT2D eigenvalue weighted by molar-refractivity contribution is 0.669. The Balaban J connectivity index is 1.28. The molecule has 0 N–H and O–H groups in total. The molecule has 10 aromatic carbocycles. The molecule has 1 heterocycles. The van der Waals surface area contributed by atoms with Gasteiger partial charge in [-0.1, -0.05) is 163 Å². The molecule has 246 valence electrons. The first-order valence-electron chi connectivity index (χ1n) is 26.2. The van der Waals surface area contributed by atoms with Crippen molar-refractivity contribution in [2.24, 2.45) is 0 Å². The van der Waals surface area contributed by atoms with Crippen molar-refractivity contribution in [3.05, 3.63) is 194 Å². The van der Waals surface area contributed by atoms with Gasteiger partial charge < -0.3 is 4.42 Å². The second-order valence-electron chi connectivity index (χ2n) is 12.6. The highest BCUT2D eigenvalue weighted by molar-refractivity contribution is 6.24. The maximum absolute atomic E-state index is 9.88. The molecule has 0 unspecified atom stereocenters. The fourth-order valence-corrected chi connectivity index (χ4v) is 7.32. The molecule has 11 aromatic rings. The Bertz CT molecular complexity index is 4220. The van der Waals surface area contributed by atoms with Crippen molar-refractivity contribution < 1.29 is 30.5 Å². The highest BCUT2D eigenvalue weighted by Crippen LogP contribution is 2.46. The number of hydrogen-bond acceptors (Lipinski definition) is 1. The SMILES string of the molecule is [2H]c1c([2H])c([2H])c(-c2c3c([2H])c([2H])c([2H])c([2H])c3c(-c3c([2H])c([2H])c(-c4ccc5c(c4)oc4cc(-c6ccc7ccccc7c6)ccc45)c4c([2H])c([2H])c([2H])c([2H])c34)c3c([2H])c([2H])c([2H])c([2H])c23)c([2H])c1[2H]. The smallest absolute Gasteiger partial charge is 0.136 e. The van der Waals surface area contributed by atoms with Crippen LogP contribution in [0.15, 0.2) is 198 Å². The number of fused-ring (bicyclic) bond motifs is 7. The summed E-state index contributed by atoms with van der Waals surface area (Å²) in [5.74, 6) is 0. The molecule has 0 aliphatic rings. The fourth-order valence-electron chi connectivity index (χ4n) is 7.32. The summed E-state index contributed by atoms with van der Waals surface area (Å²) in [5, 5.41) is 0.564. The Morgan fingerprint density at radius 3 is 1.49 bits per heavy atom. The van der Waals surface area contributed by atoms with Crippen LogP contribution in [0.2, 0.25) is 0 Å². The van der Waals surface area contributed by atoms with Gasteiger partial charge in [0, 0.05) is 10.8 Å². The van der Waals surface area contributed by atoms with Crippen molar-refractivity contribution in [1.82, 2.24) is 0 Å². The van der Waals surface area contributed by atoms with Gasteiger partial charge in [-0.2, -0.15) is 0 Å². The van der Waals surface area contributed by atoms with Crippen LogP contribution in [0.4, 0.5) is 0 Å². The Morgan fingerprint density at radius 1 is 0.321 bits per heavy atom. The monoisotopic (exact) mass is 691 g/mol. The zero-order valence-electron chi connectivity index (χ0n) is 46.4. The highest BCUT2D eigenvalue weighted by atomic mass is 16.3. The summed E-state index contributed by atoms with van der Waals surface area (Å²) in [6, 6.07) is 9.39. The van der Waals surface area contributed by atoms with Crippen LogP contribution in [0.3, 0.4) is 0 Å². The fraction of sp³-hybridized carbons (Fsp3) is 0. The van der Waals surface area contributed by atoms with Crippen LogP contribution in [0.25, 0.3) is 110 Å². The molecule has 0 saturated heterocycles. The zero-order chi connectivity index (χ0) is 51.4. The minimum atomic E-state index is -0.870. The van der Waals surface area contributed by atoms with Gasteiger partial charge in [0.2, 0.25) is 0 Å². The second-order valence-corrected chi connectivity index (χ2v) is 12.6. The van der Waals surface area contributed by atoms with Crippen molar-refractivity contribution in [2.45, 2.75) is 0 Å². The van der Waals surface area contributed by atoms with E-state index in [2.05, 4.69) is 6.07 Å². The maximum atomic E-state index is 9.88. The van der Waals surface area contributed by atoms with E-state index in [9.17, 15) is 11.0 Å². The average Bonchev–Trinajstić information content (AvgIpc) is 3.75. The van der Waals surface area contributed by atoms with Gasteiger partial charge in [-0.3, -0.25) is 0 Å². The summed E-state index contributed by atoms with van der Waals surface area (Å²) in [5.41, 5.74) is 0.463. The lowest BCUT2D eigenvalue weighted by Gasteiger charge is -2.19. The first kappa shape index (κ1) is 16.6. The summed E-state index contributed by atoms with van der Waals surface area (Å²) in [6.07, 6.45) is 0. The highest BCUT2D eigenvalue weighted by Gasteiger charge is 2.19. The summed E-state index contributed by atoms with van der Waals surface area (Å²) in [7, 11) is 0. The molecular weight excluding hydrogens is 641 g/mol. The summed E-state index contributed by atoms with van der Waals surface area (Å²) < 4.78 is 179. The van der Waals surface area contributed by atoms with E-state index in [1.165, 1.54) is 0 Å². The molecule has 0 bridgehead atoms. The van der Waals surface area contributed by atoms with Gasteiger partial charge in [0.05, 0.1) is 26.0 Å². The largest absolute Gasteiger partial charge is 0.456 e. The molecule has 53 heavy (non-hydrogen) atoms. The van der Waals surface area contributed by atoms with Crippen LogP contribution in [0.1, 0.15) is 26.0 Å². The third-order valence-corrected chi connectivity index (χ3v) is 9.72. The standard InChI is InChI=1S/C52H32O/c1-2-13-34(14-3-1)51-44-18-8-10-20-46(44)52(47-21-11-9-19-45(47)51)48-29-28-39(40-16-6-7-17-41(40)48)38-25-27-43-42-26-24-37(31-49(42)53-50(43)32-38)36-23-22-33-12-4-5-15-35(33)30-36/h1-32H/i1D,2D,3D,6D,7D,8D,9D,10D,11D,13D,14D,16D,17D,18D,19D,20D,21D,28D,29D. The van der Waals surface area contributed by atoms with E-state index < -0.39 is 164 Å². The van der Waals surface area contributed by atoms with Gasteiger partial charge in [-0.25, -0.2) is 0 Å². The van der Waals surface area contributed by atoms with Crippen molar-refractivity contribution >= 4 is 65.0 Å². The van der Waals surface area contributed by atoms with Gasteiger partial charge in [0.25, 0.3) is 0 Å². The van der Waals surface area contributed by atoms with Crippen LogP contribution < -0.4 is 0 Å². The third-order valence-electron chi connectivity index (χ3n) is 9.72. The Labute approximate surface area is 333 Å². The summed E-state index contributed by atoms with van der Waals surface area (Å²) in [6.45, 7) is 0. The molecule has 0 radical (unpaired) electrons. The predicted molar refractivity (Wildman–Crippen MR) is 225 cm³/mol. The van der Waals surface area contributed by atoms with Gasteiger partial charge in [0.1, 0.15) is 11.2 Å². The quantitative estimate of drug-likeness (QED) is 0.167. The normalized spacial score (nSPS) is 16.8. The van der Waals surface area contributed by atoms with Crippen molar-refractivity contribution in [1.29, 1.82) is 0 Å². The van der Waals surface area contributed by atoms with Crippen LogP contribution in [-0.2, 0) is 0 Å². The first-order chi connectivity index (χ1) is 34.2. The number of rotatable bonds is 4. The maximum Gasteiger partial charge on any atom is 0.136 e. The van der Waals surface area contributed by atoms with E-state index in [0.717, 1.165) is 27.3 Å². The predicted octanol–water partition coefficient (Wildman–Crippen LogP) is 14.9. The Kier molecular flexibility index (Phi) is 3.69. The van der Waals surface area contributed by atoms with Crippen molar-refractivity contribution in [2.75, 3.05) is 0 Å². The third kappa shape index (κ3) is 4.71. The van der Waals surface area contributed by atoms with Crippen molar-refractivity contribution in [3.8, 4) is 44.5 Å². The molecule has 0 atom stereocenters. The van der Waals surface area contributed by atoms with Crippen LogP contribution >= 0.6 is 0 Å². The van der Waals surface area contributed by atoms with E-state index in [1.54, 1.807) is 18.2 Å². The summed E-state index contributed by atoms with van der Waals surface area (Å²) >= 11 is 0. The van der Waals surface area contributed by atoms with E-state index in [1.807, 2.05) is 54.6 Å². The minimum absolute atomic E-state index is 0.141. The van der Waals surface area contributed by atoms with E-state index in [-0.39, 0.29) is 16.5 Å². The molecule has 0 fully saturated rings. The van der Waals surface area contributed by atoms with Crippen LogP contribution in [0, 0.1) is 0 Å². The van der Waals surface area contributed by atoms with Gasteiger partial charge in [-0.05, 0) is 118 Å². The van der Waals surface area contributed by atoms with Crippen LogP contribution in [-0.4, -0.2) is 0 Å². The molecule has 1 nitrogen and oxygen atoms in total. The number of furan rings is 1. The Morgan fingerprint density at radius 2 is 0.811 bits per heavy atom. The molecule has 0 saturated carbocycles. The van der Waals surface area contributed by atoms with Crippen LogP contribution in [0.5, 0.6) is 0 Å². The second kappa shape index (κ2) is 11.8. The molecule has 11 rings (SSSR count). The zero-order valence-corrected chi connectivity index (χ0v) is 27.4. The van der Waals surface area contributed by atoms with E-state index >= 15 is 0 Å². The first-order valence-corrected chi connectivity index (χ1v) is 16.7. The van der Waals surface area contributed by atoms with Gasteiger partial charge in [0.15, 0.2) is 0 Å². The molecule has 0 amide bonds. The number of hydrogen-bond donors (Lipinski definition) is 0. The number of benzene rings is 10. The molecule has 1 aromatic heterocycles. The molecule has 0 aliphatic carbocycles. The van der Waals surface area contributed by atoms with Crippen molar-refractivity contribution in [3.63, 3.8) is 0 Å². The molecule has 1 heteroatoms. The molecular formula is C52H32O. The minimum Gasteiger partial charge on any atom is -0.456 e. The topological polar surface area (TPSA) is 13.1 Å². The van der Waals surface area contributed by atoms with E-state index in [4.69, 9.17) is 19.5 Å². The average molecular weight is 692 g/mol. The summed E-state index contributed by atoms with van der Waals surface area (Å²) in [4.78, 5) is 0. The lowest BCUT2D eigenvalue weighted by atomic mass is 9.84. The molecule has 0 spiro atoms. The van der Waals surface area contributed by atoms with Gasteiger partial charge in [-0.15, -0.1) is 0 Å². The van der Waals surface area contributed by atoms with Gasteiger partial charge >= 0.3 is 0 Å². The molecule has 0 aliphatic heterocycles. The Hall–Kier alpha value is -6.96. The lowest BCUT2D eigenvalue weighted by Crippen LogP contribution is -1.92.